The number of hydrogen-bond donors (Lipinski definition) is 1. The minimum atomic E-state index is -0.0870. The van der Waals surface area contributed by atoms with Gasteiger partial charge >= 0.3 is 0 Å². The number of rotatable bonds is 7. The lowest BCUT2D eigenvalue weighted by Gasteiger charge is -2.16. The third-order valence-electron chi connectivity index (χ3n) is 4.49. The minimum Gasteiger partial charge on any atom is -0.352 e. The van der Waals surface area contributed by atoms with E-state index in [1.807, 2.05) is 26.0 Å². The number of carbonyl (C=O) groups excluding carboxylic acids is 1. The zero-order valence-electron chi connectivity index (χ0n) is 14.9. The van der Waals surface area contributed by atoms with Crippen LogP contribution >= 0.6 is 0 Å². The minimum absolute atomic E-state index is 0.000359. The number of nitrogens with one attached hydrogen (secondary N) is 1. The summed E-state index contributed by atoms with van der Waals surface area (Å²) >= 11 is 0. The fourth-order valence-electron chi connectivity index (χ4n) is 3.13. The zero-order chi connectivity index (χ0) is 17.6. The Balaban J connectivity index is 1.52. The summed E-state index contributed by atoms with van der Waals surface area (Å²) in [5.74, 6) is 0.654. The second-order valence-corrected chi connectivity index (χ2v) is 6.68. The maximum absolute atomic E-state index is 12.3. The van der Waals surface area contributed by atoms with Crippen LogP contribution in [0.2, 0.25) is 0 Å². The van der Waals surface area contributed by atoms with Crippen molar-refractivity contribution in [1.29, 1.82) is 0 Å². The number of nitrogens with zero attached hydrogens (tertiary/aromatic N) is 6. The summed E-state index contributed by atoms with van der Waals surface area (Å²) in [7, 11) is 0. The molecule has 2 aromatic rings. The smallest absolute Gasteiger partial charge is 0.242 e. The molecule has 0 radical (unpaired) electrons. The number of pyridine rings is 1. The lowest BCUT2D eigenvalue weighted by Crippen LogP contribution is -2.37. The molecular formula is C17H25N7O. The predicted octanol–water partition coefficient (Wildman–Crippen LogP) is 0.720. The average Bonchev–Trinajstić information content (AvgIpc) is 3.22. The zero-order valence-corrected chi connectivity index (χ0v) is 14.9. The maximum atomic E-state index is 12.3. The van der Waals surface area contributed by atoms with Gasteiger partial charge in [-0.3, -0.25) is 14.7 Å². The summed E-state index contributed by atoms with van der Waals surface area (Å²) in [5, 5.41) is 14.7. The van der Waals surface area contributed by atoms with E-state index in [9.17, 15) is 4.79 Å². The van der Waals surface area contributed by atoms with Crippen LogP contribution in [0.15, 0.2) is 18.3 Å². The van der Waals surface area contributed by atoms with Crippen LogP contribution in [0, 0.1) is 6.92 Å². The first-order valence-corrected chi connectivity index (χ1v) is 8.79. The summed E-state index contributed by atoms with van der Waals surface area (Å²) in [5.41, 5.74) is 2.14. The highest BCUT2D eigenvalue weighted by molar-refractivity contribution is 5.75. The van der Waals surface area contributed by atoms with E-state index in [2.05, 4.69) is 30.7 Å². The summed E-state index contributed by atoms with van der Waals surface area (Å²) in [6.07, 6.45) is 4.91. The molecular weight excluding hydrogens is 318 g/mol. The van der Waals surface area contributed by atoms with Gasteiger partial charge in [-0.05, 0) is 61.8 Å². The number of likely N-dealkylation sites (tertiary alicyclic amines) is 1. The summed E-state index contributed by atoms with van der Waals surface area (Å²) in [6, 6.07) is 3.95. The van der Waals surface area contributed by atoms with Gasteiger partial charge in [-0.2, -0.15) is 0 Å². The van der Waals surface area contributed by atoms with Gasteiger partial charge in [0.15, 0.2) is 5.82 Å². The van der Waals surface area contributed by atoms with Gasteiger partial charge < -0.3 is 5.32 Å². The Morgan fingerprint density at radius 3 is 2.92 bits per heavy atom. The monoisotopic (exact) mass is 343 g/mol. The van der Waals surface area contributed by atoms with Crippen molar-refractivity contribution in [3.8, 4) is 0 Å². The molecule has 0 saturated carbocycles. The van der Waals surface area contributed by atoms with Crippen molar-refractivity contribution in [1.82, 2.24) is 35.4 Å². The van der Waals surface area contributed by atoms with Crippen molar-refractivity contribution in [2.75, 3.05) is 13.1 Å². The van der Waals surface area contributed by atoms with E-state index in [0.717, 1.165) is 30.2 Å². The number of amides is 1. The Morgan fingerprint density at radius 2 is 2.16 bits per heavy atom. The standard InChI is InChI=1S/C17H25N7O/c1-13-6-5-7-18-15(13)10-14(2)19-17(25)12-24-16(20-21-22-24)11-23-8-3-4-9-23/h5-7,14H,3-4,8-12H2,1-2H3,(H,19,25). The largest absolute Gasteiger partial charge is 0.352 e. The molecule has 8 nitrogen and oxygen atoms in total. The summed E-state index contributed by atoms with van der Waals surface area (Å²) < 4.78 is 1.59. The molecule has 3 heterocycles. The molecule has 25 heavy (non-hydrogen) atoms. The summed E-state index contributed by atoms with van der Waals surface area (Å²) in [4.78, 5) is 19.0. The molecule has 1 unspecified atom stereocenters. The maximum Gasteiger partial charge on any atom is 0.242 e. The molecule has 134 valence electrons. The number of aryl methyl sites for hydroxylation is 1. The Morgan fingerprint density at radius 1 is 1.36 bits per heavy atom. The van der Waals surface area contributed by atoms with E-state index in [0.29, 0.717) is 13.0 Å². The molecule has 0 bridgehead atoms. The van der Waals surface area contributed by atoms with Crippen LogP contribution in [-0.2, 0) is 24.3 Å². The molecule has 1 fully saturated rings. The third kappa shape index (κ3) is 4.82. The SMILES string of the molecule is Cc1cccnc1CC(C)NC(=O)Cn1nnnc1CN1CCCC1. The normalized spacial score (nSPS) is 16.1. The third-order valence-corrected chi connectivity index (χ3v) is 4.49. The van der Waals surface area contributed by atoms with E-state index in [1.54, 1.807) is 10.9 Å². The van der Waals surface area contributed by atoms with Crippen LogP contribution in [0.3, 0.4) is 0 Å². The van der Waals surface area contributed by atoms with Gasteiger partial charge in [0.2, 0.25) is 5.91 Å². The average molecular weight is 343 g/mol. The van der Waals surface area contributed by atoms with Crippen LogP contribution in [-0.4, -0.2) is 55.1 Å². The molecule has 2 aromatic heterocycles. The Kier molecular flexibility index (Phi) is 5.70. The molecule has 0 aliphatic carbocycles. The molecule has 0 aromatic carbocycles. The lowest BCUT2D eigenvalue weighted by atomic mass is 10.1. The topological polar surface area (TPSA) is 88.8 Å². The predicted molar refractivity (Wildman–Crippen MR) is 92.6 cm³/mol. The van der Waals surface area contributed by atoms with Gasteiger partial charge in [0.1, 0.15) is 6.54 Å². The molecule has 0 spiro atoms. The molecule has 1 amide bonds. The molecule has 1 aliphatic rings. The van der Waals surface area contributed by atoms with Gasteiger partial charge in [0.25, 0.3) is 0 Å². The van der Waals surface area contributed by atoms with E-state index >= 15 is 0 Å². The molecule has 1 atom stereocenters. The van der Waals surface area contributed by atoms with Crippen LogP contribution < -0.4 is 5.32 Å². The number of carbonyl (C=O) groups is 1. The van der Waals surface area contributed by atoms with Crippen molar-refractivity contribution >= 4 is 5.91 Å². The number of aromatic nitrogens is 5. The fraction of sp³-hybridized carbons (Fsp3) is 0.588. The van der Waals surface area contributed by atoms with E-state index < -0.39 is 0 Å². The van der Waals surface area contributed by atoms with Gasteiger partial charge in [-0.15, -0.1) is 5.10 Å². The fourth-order valence-corrected chi connectivity index (χ4v) is 3.13. The molecule has 1 saturated heterocycles. The van der Waals surface area contributed by atoms with Crippen molar-refractivity contribution < 1.29 is 4.79 Å². The molecule has 1 aliphatic heterocycles. The Bertz CT molecular complexity index is 709. The molecule has 8 heteroatoms. The first-order valence-electron chi connectivity index (χ1n) is 8.79. The van der Waals surface area contributed by atoms with Crippen molar-refractivity contribution in [3.63, 3.8) is 0 Å². The van der Waals surface area contributed by atoms with Crippen LogP contribution in [0.25, 0.3) is 0 Å². The lowest BCUT2D eigenvalue weighted by molar-refractivity contribution is -0.122. The Hall–Kier alpha value is -2.35. The molecule has 3 rings (SSSR count). The first-order chi connectivity index (χ1) is 12.1. The van der Waals surface area contributed by atoms with Crippen molar-refractivity contribution in [2.24, 2.45) is 0 Å². The quantitative estimate of drug-likeness (QED) is 0.797. The van der Waals surface area contributed by atoms with Gasteiger partial charge in [-0.25, -0.2) is 4.68 Å². The Labute approximate surface area is 147 Å². The van der Waals surface area contributed by atoms with Crippen molar-refractivity contribution in [3.05, 3.63) is 35.4 Å². The number of hydrogen-bond acceptors (Lipinski definition) is 6. The first kappa shape index (κ1) is 17.5. The van der Waals surface area contributed by atoms with Gasteiger partial charge in [-0.1, -0.05) is 6.07 Å². The second kappa shape index (κ2) is 8.15. The van der Waals surface area contributed by atoms with E-state index in [-0.39, 0.29) is 18.5 Å². The van der Waals surface area contributed by atoms with Gasteiger partial charge in [0.05, 0.1) is 6.54 Å². The van der Waals surface area contributed by atoms with Crippen LogP contribution in [0.1, 0.15) is 36.8 Å². The number of tetrazole rings is 1. The molecule has 1 N–H and O–H groups in total. The van der Waals surface area contributed by atoms with Crippen LogP contribution in [0.4, 0.5) is 0 Å². The van der Waals surface area contributed by atoms with E-state index in [4.69, 9.17) is 0 Å². The van der Waals surface area contributed by atoms with Gasteiger partial charge in [0, 0.05) is 24.4 Å². The summed E-state index contributed by atoms with van der Waals surface area (Å²) in [6.45, 7) is 6.99. The highest BCUT2D eigenvalue weighted by Gasteiger charge is 2.18. The van der Waals surface area contributed by atoms with Crippen LogP contribution in [0.5, 0.6) is 0 Å². The highest BCUT2D eigenvalue weighted by atomic mass is 16.2. The van der Waals surface area contributed by atoms with E-state index in [1.165, 1.54) is 12.8 Å². The van der Waals surface area contributed by atoms with Crippen molar-refractivity contribution in [2.45, 2.75) is 52.2 Å². The highest BCUT2D eigenvalue weighted by Crippen LogP contribution is 2.10. The second-order valence-electron chi connectivity index (χ2n) is 6.68.